The number of esters is 1. The number of phosphoric ester groups is 1. The van der Waals surface area contributed by atoms with E-state index in [0.29, 0.717) is 13.0 Å². The third-order valence-corrected chi connectivity index (χ3v) is 11.0. The van der Waals surface area contributed by atoms with Gasteiger partial charge in [-0.1, -0.05) is 201 Å². The maximum Gasteiger partial charge on any atom is 0.472 e. The molecule has 0 aromatic rings. The Bertz CT molecular complexity index is 1270. The van der Waals surface area contributed by atoms with Crippen molar-refractivity contribution in [3.63, 3.8) is 0 Å². The first kappa shape index (κ1) is 59.4. The molecule has 0 fully saturated rings. The second kappa shape index (κ2) is 49.4. The molecule has 2 unspecified atom stereocenters. The Morgan fingerprint density at radius 1 is 0.500 bits per heavy atom. The summed E-state index contributed by atoms with van der Waals surface area (Å²) in [5, 5.41) is 0. The summed E-state index contributed by atoms with van der Waals surface area (Å²) in [5.41, 5.74) is 5.38. The molecule has 0 saturated carbocycles. The second-order valence-corrected chi connectivity index (χ2v) is 17.4. The van der Waals surface area contributed by atoms with Gasteiger partial charge in [-0.25, -0.2) is 4.57 Å². The summed E-state index contributed by atoms with van der Waals surface area (Å²) in [4.78, 5) is 22.5. The lowest BCUT2D eigenvalue weighted by Crippen LogP contribution is -2.28. The van der Waals surface area contributed by atoms with E-state index in [9.17, 15) is 14.3 Å². The molecule has 0 aliphatic rings. The lowest BCUT2D eigenvalue weighted by molar-refractivity contribution is -0.154. The number of hydrogen-bond acceptors (Lipinski definition) is 7. The van der Waals surface area contributed by atoms with E-state index in [0.717, 1.165) is 57.8 Å². The fourth-order valence-electron chi connectivity index (χ4n) is 6.41. The summed E-state index contributed by atoms with van der Waals surface area (Å²) in [6, 6.07) is 0. The van der Waals surface area contributed by atoms with E-state index in [1.54, 1.807) is 0 Å². The second-order valence-electron chi connectivity index (χ2n) is 15.9. The van der Waals surface area contributed by atoms with E-state index in [1.165, 1.54) is 109 Å². The molecule has 62 heavy (non-hydrogen) atoms. The van der Waals surface area contributed by atoms with Gasteiger partial charge in [0.25, 0.3) is 0 Å². The minimum absolute atomic E-state index is 0.0796. The van der Waals surface area contributed by atoms with Crippen molar-refractivity contribution < 1.29 is 32.8 Å². The highest BCUT2D eigenvalue weighted by Crippen LogP contribution is 2.43. The van der Waals surface area contributed by atoms with Crippen LogP contribution in [0.15, 0.2) is 97.2 Å². The molecule has 0 heterocycles. The molecule has 8 nitrogen and oxygen atoms in total. The zero-order chi connectivity index (χ0) is 45.1. The number of carbonyl (C=O) groups excluding carboxylic acids is 1. The molecule has 0 amide bonds. The fraction of sp³-hybridized carbons (Fsp3) is 0.679. The quantitative estimate of drug-likeness (QED) is 0.0269. The first-order valence-electron chi connectivity index (χ1n) is 24.7. The smallest absolute Gasteiger partial charge is 0.457 e. The van der Waals surface area contributed by atoms with Gasteiger partial charge in [-0.15, -0.1) is 0 Å². The number of rotatable bonds is 46. The number of carbonyl (C=O) groups is 1. The largest absolute Gasteiger partial charge is 0.472 e. The van der Waals surface area contributed by atoms with Crippen LogP contribution in [0.2, 0.25) is 0 Å². The Labute approximate surface area is 380 Å². The maximum absolute atomic E-state index is 12.6. The number of unbranched alkanes of at least 4 members (excludes halogenated alkanes) is 17. The van der Waals surface area contributed by atoms with Crippen molar-refractivity contribution in [2.45, 2.75) is 200 Å². The SMILES string of the molecule is CC/C=C\C/C=C\C/C=C\C/C=C\C/C=C\C/C=C\CCC(=O)OC(COCCCCCCCCCCCCCC/C=C\C/C=C\CCCCCCC)COP(=O)(O)OCCN. The molecule has 0 spiro atoms. The van der Waals surface area contributed by atoms with Gasteiger partial charge in [0, 0.05) is 19.6 Å². The van der Waals surface area contributed by atoms with Gasteiger partial charge in [0.1, 0.15) is 6.10 Å². The summed E-state index contributed by atoms with van der Waals surface area (Å²) in [7, 11) is -4.31. The van der Waals surface area contributed by atoms with E-state index >= 15 is 0 Å². The van der Waals surface area contributed by atoms with Crippen LogP contribution in [0.3, 0.4) is 0 Å². The molecule has 9 heteroatoms. The van der Waals surface area contributed by atoms with Crippen molar-refractivity contribution in [2.75, 3.05) is 33.0 Å². The summed E-state index contributed by atoms with van der Waals surface area (Å²) in [6.07, 6.45) is 66.0. The number of ether oxygens (including phenoxy) is 2. The van der Waals surface area contributed by atoms with Crippen molar-refractivity contribution >= 4 is 13.8 Å². The summed E-state index contributed by atoms with van der Waals surface area (Å²) >= 11 is 0. The summed E-state index contributed by atoms with van der Waals surface area (Å²) in [5.74, 6) is -0.414. The van der Waals surface area contributed by atoms with Gasteiger partial charge >= 0.3 is 13.8 Å². The third kappa shape index (κ3) is 48.5. The summed E-state index contributed by atoms with van der Waals surface area (Å²) in [6.45, 7) is 4.68. The van der Waals surface area contributed by atoms with Gasteiger partial charge in [0.15, 0.2) is 0 Å². The van der Waals surface area contributed by atoms with Crippen LogP contribution in [0.1, 0.15) is 194 Å². The van der Waals surface area contributed by atoms with Crippen molar-refractivity contribution in [1.29, 1.82) is 0 Å². The number of phosphoric acid groups is 1. The molecule has 0 radical (unpaired) electrons. The van der Waals surface area contributed by atoms with Gasteiger partial charge < -0.3 is 20.1 Å². The first-order valence-corrected chi connectivity index (χ1v) is 26.2. The molecular weight excluding hydrogens is 794 g/mol. The normalized spacial score (nSPS) is 14.2. The average Bonchev–Trinajstić information content (AvgIpc) is 3.26. The summed E-state index contributed by atoms with van der Waals surface area (Å²) < 4.78 is 33.5. The van der Waals surface area contributed by atoms with Crippen LogP contribution < -0.4 is 5.73 Å². The van der Waals surface area contributed by atoms with Crippen LogP contribution in [-0.4, -0.2) is 49.9 Å². The highest BCUT2D eigenvalue weighted by Gasteiger charge is 2.25. The Balaban J connectivity index is 4.07. The van der Waals surface area contributed by atoms with E-state index in [4.69, 9.17) is 24.3 Å². The van der Waals surface area contributed by atoms with Gasteiger partial charge in [-0.05, 0) is 83.5 Å². The van der Waals surface area contributed by atoms with Gasteiger partial charge in [0.05, 0.1) is 19.8 Å². The number of nitrogens with two attached hydrogens (primary N) is 1. The van der Waals surface area contributed by atoms with E-state index in [1.807, 2.05) is 12.2 Å². The van der Waals surface area contributed by atoms with Gasteiger partial charge in [-0.3, -0.25) is 13.8 Å². The topological polar surface area (TPSA) is 117 Å². The maximum atomic E-state index is 12.6. The Morgan fingerprint density at radius 2 is 0.903 bits per heavy atom. The van der Waals surface area contributed by atoms with Crippen LogP contribution in [0.25, 0.3) is 0 Å². The Morgan fingerprint density at radius 3 is 1.35 bits per heavy atom. The zero-order valence-electron chi connectivity index (χ0n) is 39.6. The molecular formula is C53H92NO7P. The van der Waals surface area contributed by atoms with Crippen molar-refractivity contribution in [2.24, 2.45) is 5.73 Å². The highest BCUT2D eigenvalue weighted by atomic mass is 31.2. The molecule has 0 aliphatic heterocycles. The van der Waals surface area contributed by atoms with E-state index in [-0.39, 0.29) is 32.8 Å². The fourth-order valence-corrected chi connectivity index (χ4v) is 7.17. The minimum Gasteiger partial charge on any atom is -0.457 e. The van der Waals surface area contributed by atoms with Crippen LogP contribution in [0, 0.1) is 0 Å². The van der Waals surface area contributed by atoms with E-state index < -0.39 is 19.9 Å². The van der Waals surface area contributed by atoms with Crippen molar-refractivity contribution in [3.8, 4) is 0 Å². The molecule has 356 valence electrons. The molecule has 0 aromatic carbocycles. The standard InChI is InChI=1S/C53H92NO7P/c1-3-5-7-9-11-13-15-17-19-21-23-24-25-26-27-29-31-33-35-37-39-41-43-45-48-58-50-52(51-60-62(56,57)59-49-47-54)61-53(55)46-44-42-40-38-36-34-32-30-28-22-20-18-16-14-12-10-8-6-4-2/h6,8,12,14-15,17-18,20-21,23,28,30,34,36,40,42,52H,3-5,7,9-11,13,16,19,22,24-27,29,31-33,35,37-39,41,43-51,54H2,1-2H3,(H,56,57)/b8-6-,14-12-,17-15-,20-18-,23-21-,30-28-,36-34-,42-40-. The predicted molar refractivity (Wildman–Crippen MR) is 265 cm³/mol. The Kier molecular flexibility index (Phi) is 47.4. The first-order chi connectivity index (χ1) is 30.4. The number of allylic oxidation sites excluding steroid dienone is 16. The average molecular weight is 886 g/mol. The zero-order valence-corrected chi connectivity index (χ0v) is 40.5. The molecule has 0 saturated heterocycles. The van der Waals surface area contributed by atoms with Crippen LogP contribution >= 0.6 is 7.82 Å². The van der Waals surface area contributed by atoms with Crippen molar-refractivity contribution in [3.05, 3.63) is 97.2 Å². The lowest BCUT2D eigenvalue weighted by atomic mass is 10.0. The molecule has 0 rings (SSSR count). The minimum atomic E-state index is -4.31. The molecule has 2 atom stereocenters. The van der Waals surface area contributed by atoms with Crippen LogP contribution in [0.5, 0.6) is 0 Å². The van der Waals surface area contributed by atoms with E-state index in [2.05, 4.69) is 98.9 Å². The third-order valence-electron chi connectivity index (χ3n) is 10.00. The van der Waals surface area contributed by atoms with Gasteiger partial charge in [-0.2, -0.15) is 0 Å². The monoisotopic (exact) mass is 886 g/mol. The van der Waals surface area contributed by atoms with Crippen molar-refractivity contribution in [1.82, 2.24) is 0 Å². The molecule has 0 aromatic heterocycles. The lowest BCUT2D eigenvalue weighted by Gasteiger charge is -2.20. The molecule has 3 N–H and O–H groups in total. The molecule has 0 bridgehead atoms. The van der Waals surface area contributed by atoms with Gasteiger partial charge in [0.2, 0.25) is 0 Å². The van der Waals surface area contributed by atoms with Crippen LogP contribution in [0.4, 0.5) is 0 Å². The molecule has 0 aliphatic carbocycles. The highest BCUT2D eigenvalue weighted by molar-refractivity contribution is 7.47. The predicted octanol–water partition coefficient (Wildman–Crippen LogP) is 15.4. The Hall–Kier alpha value is -2.58. The number of hydrogen-bond donors (Lipinski definition) is 2. The van der Waals surface area contributed by atoms with Crippen LogP contribution in [-0.2, 0) is 27.9 Å².